The zero-order valence-electron chi connectivity index (χ0n) is 22.8. The Labute approximate surface area is 240 Å². The van der Waals surface area contributed by atoms with Gasteiger partial charge in [0.25, 0.3) is 11.5 Å². The van der Waals surface area contributed by atoms with Crippen molar-refractivity contribution in [3.63, 3.8) is 0 Å². The number of para-hydroxylation sites is 1. The maximum absolute atomic E-state index is 14.3. The summed E-state index contributed by atoms with van der Waals surface area (Å²) in [5, 5.41) is 0. The van der Waals surface area contributed by atoms with Crippen LogP contribution in [0.2, 0.25) is 0 Å². The zero-order chi connectivity index (χ0) is 28.7. The molecular formula is C32H27N3O5S. The van der Waals surface area contributed by atoms with Crippen LogP contribution in [0.1, 0.15) is 36.6 Å². The molecule has 0 bridgehead atoms. The molecule has 0 aliphatic carbocycles. The van der Waals surface area contributed by atoms with E-state index in [2.05, 4.69) is 4.99 Å². The van der Waals surface area contributed by atoms with Crippen molar-refractivity contribution in [2.24, 2.45) is 4.99 Å². The number of nitrogens with zero attached hydrogens (tertiary/aromatic N) is 3. The van der Waals surface area contributed by atoms with Crippen molar-refractivity contribution in [2.45, 2.75) is 26.4 Å². The number of thiazole rings is 1. The number of allylic oxidation sites excluding steroid dienone is 1. The Kier molecular flexibility index (Phi) is 6.88. The van der Waals surface area contributed by atoms with Gasteiger partial charge in [0.1, 0.15) is 10.3 Å². The maximum atomic E-state index is 14.3. The third-order valence-corrected chi connectivity index (χ3v) is 8.29. The van der Waals surface area contributed by atoms with E-state index in [0.29, 0.717) is 39.5 Å². The Hall–Kier alpha value is -4.76. The third-order valence-electron chi connectivity index (χ3n) is 7.24. The van der Waals surface area contributed by atoms with E-state index < -0.39 is 17.6 Å². The molecule has 6 rings (SSSR count). The number of hydrogen-bond donors (Lipinski definition) is 0. The molecule has 0 radical (unpaired) electrons. The molecule has 1 amide bonds. The van der Waals surface area contributed by atoms with Gasteiger partial charge in [0, 0.05) is 5.56 Å². The number of methoxy groups -OCH3 is 1. The fourth-order valence-corrected chi connectivity index (χ4v) is 6.53. The summed E-state index contributed by atoms with van der Waals surface area (Å²) in [4.78, 5) is 48.3. The van der Waals surface area contributed by atoms with Gasteiger partial charge in [-0.05, 0) is 43.2 Å². The van der Waals surface area contributed by atoms with Crippen molar-refractivity contribution in [3.8, 4) is 5.75 Å². The molecule has 3 heterocycles. The average Bonchev–Trinajstić information content (AvgIpc) is 3.45. The van der Waals surface area contributed by atoms with Crippen LogP contribution in [0.25, 0.3) is 5.57 Å². The highest BCUT2D eigenvalue weighted by Gasteiger charge is 2.37. The van der Waals surface area contributed by atoms with Gasteiger partial charge in [-0.25, -0.2) is 9.79 Å². The Morgan fingerprint density at radius 2 is 1.76 bits per heavy atom. The second-order valence-corrected chi connectivity index (χ2v) is 10.6. The Balaban J connectivity index is 1.59. The fraction of sp³-hybridized carbons (Fsp3) is 0.188. The first-order chi connectivity index (χ1) is 19.9. The standard InChI is InChI=1S/C32H27N3O5S/c1-4-40-31(38)25-19(2)33-32-35(27(25)21-13-10-14-22(17-21)39-3)30(37)28(41-32)26-23-15-8-9-16-24(23)34(29(26)36)18-20-11-6-5-7-12-20/h5-17,27H,4,18H2,1-3H3/b28-26-/t27-/m0/s1. The number of aromatic nitrogens is 1. The Bertz CT molecular complexity index is 1910. The lowest BCUT2D eigenvalue weighted by Crippen LogP contribution is -2.41. The molecule has 41 heavy (non-hydrogen) atoms. The molecule has 0 unspecified atom stereocenters. The summed E-state index contributed by atoms with van der Waals surface area (Å²) in [6.07, 6.45) is 0. The predicted octanol–water partition coefficient (Wildman–Crippen LogP) is 3.72. The van der Waals surface area contributed by atoms with Crippen LogP contribution in [0, 0.1) is 0 Å². The minimum atomic E-state index is -0.804. The molecule has 2 aliphatic heterocycles. The Morgan fingerprint density at radius 3 is 2.51 bits per heavy atom. The summed E-state index contributed by atoms with van der Waals surface area (Å²) in [5.74, 6) is -0.211. The van der Waals surface area contributed by atoms with Gasteiger partial charge in [0.05, 0.1) is 48.8 Å². The van der Waals surface area contributed by atoms with E-state index in [9.17, 15) is 14.4 Å². The number of anilines is 1. The molecule has 0 saturated heterocycles. The molecule has 3 aromatic carbocycles. The second-order valence-electron chi connectivity index (χ2n) is 9.67. The van der Waals surface area contributed by atoms with E-state index in [0.717, 1.165) is 22.6 Å². The molecule has 0 fully saturated rings. The lowest BCUT2D eigenvalue weighted by atomic mass is 9.95. The lowest BCUT2D eigenvalue weighted by molar-refractivity contribution is -0.139. The molecule has 0 N–H and O–H groups in total. The Morgan fingerprint density at radius 1 is 1.00 bits per heavy atom. The zero-order valence-corrected chi connectivity index (χ0v) is 23.6. The van der Waals surface area contributed by atoms with Crippen molar-refractivity contribution in [2.75, 3.05) is 18.6 Å². The summed E-state index contributed by atoms with van der Waals surface area (Å²) in [7, 11) is 1.56. The van der Waals surface area contributed by atoms with Gasteiger partial charge in [-0.1, -0.05) is 72.0 Å². The molecule has 2 aliphatic rings. The van der Waals surface area contributed by atoms with Gasteiger partial charge in [-0.3, -0.25) is 14.2 Å². The first-order valence-electron chi connectivity index (χ1n) is 13.2. The van der Waals surface area contributed by atoms with Crippen LogP contribution in [-0.2, 0) is 20.9 Å². The van der Waals surface area contributed by atoms with Crippen LogP contribution in [0.4, 0.5) is 5.69 Å². The lowest BCUT2D eigenvalue weighted by Gasteiger charge is -2.25. The summed E-state index contributed by atoms with van der Waals surface area (Å²) in [6.45, 7) is 4.02. The number of ether oxygens (including phenoxy) is 2. The molecule has 4 aromatic rings. The van der Waals surface area contributed by atoms with Crippen LogP contribution >= 0.6 is 11.3 Å². The van der Waals surface area contributed by atoms with Crippen molar-refractivity contribution < 1.29 is 19.1 Å². The number of benzene rings is 3. The highest BCUT2D eigenvalue weighted by Crippen LogP contribution is 2.37. The maximum Gasteiger partial charge on any atom is 0.338 e. The average molecular weight is 566 g/mol. The number of rotatable bonds is 6. The first-order valence-corrected chi connectivity index (χ1v) is 14.1. The van der Waals surface area contributed by atoms with Crippen LogP contribution in [0.3, 0.4) is 0 Å². The van der Waals surface area contributed by atoms with Crippen LogP contribution < -0.4 is 24.5 Å². The predicted molar refractivity (Wildman–Crippen MR) is 156 cm³/mol. The second kappa shape index (κ2) is 10.7. The molecule has 1 atom stereocenters. The van der Waals surface area contributed by atoms with E-state index in [1.54, 1.807) is 38.0 Å². The van der Waals surface area contributed by atoms with Crippen LogP contribution in [0.15, 0.2) is 99.9 Å². The molecule has 9 heteroatoms. The fourth-order valence-electron chi connectivity index (χ4n) is 5.39. The van der Waals surface area contributed by atoms with E-state index in [4.69, 9.17) is 9.47 Å². The minimum Gasteiger partial charge on any atom is -0.497 e. The molecule has 0 saturated carbocycles. The first kappa shape index (κ1) is 26.5. The van der Waals surface area contributed by atoms with Gasteiger partial charge >= 0.3 is 5.97 Å². The van der Waals surface area contributed by atoms with E-state index >= 15 is 0 Å². The number of amides is 1. The largest absolute Gasteiger partial charge is 0.497 e. The number of fused-ring (bicyclic) bond motifs is 2. The smallest absolute Gasteiger partial charge is 0.338 e. The van der Waals surface area contributed by atoms with Gasteiger partial charge in [-0.15, -0.1) is 0 Å². The van der Waals surface area contributed by atoms with Crippen molar-refractivity contribution >= 4 is 34.5 Å². The quantitative estimate of drug-likeness (QED) is 0.333. The highest BCUT2D eigenvalue weighted by molar-refractivity contribution is 7.07. The highest BCUT2D eigenvalue weighted by atomic mass is 32.1. The van der Waals surface area contributed by atoms with Gasteiger partial charge in [0.15, 0.2) is 4.80 Å². The number of esters is 1. The number of carbonyl (C=O) groups excluding carboxylic acids is 2. The van der Waals surface area contributed by atoms with Crippen LogP contribution in [-0.4, -0.2) is 30.2 Å². The summed E-state index contributed by atoms with van der Waals surface area (Å²) in [5.41, 5.74) is 3.76. The topological polar surface area (TPSA) is 90.2 Å². The van der Waals surface area contributed by atoms with E-state index in [1.165, 1.54) is 4.57 Å². The minimum absolute atomic E-state index is 0.178. The van der Waals surface area contributed by atoms with Gasteiger partial charge in [0.2, 0.25) is 0 Å². The number of carbonyl (C=O) groups is 2. The summed E-state index contributed by atoms with van der Waals surface area (Å²) < 4.78 is 12.6. The molecule has 206 valence electrons. The van der Waals surface area contributed by atoms with Crippen molar-refractivity contribution in [1.82, 2.24) is 4.57 Å². The van der Waals surface area contributed by atoms with Crippen molar-refractivity contribution in [1.29, 1.82) is 0 Å². The number of hydrogen-bond acceptors (Lipinski definition) is 7. The SMILES string of the molecule is CCOC(=O)C1=C(C)N=c2s/c(=C3\C(=O)N(Cc4ccccc4)c4ccccc43)c(=O)n2[C@H]1c1cccc(OC)c1. The van der Waals surface area contributed by atoms with E-state index in [1.807, 2.05) is 66.7 Å². The third kappa shape index (κ3) is 4.48. The normalized spacial score (nSPS) is 17.2. The van der Waals surface area contributed by atoms with Crippen LogP contribution in [0.5, 0.6) is 5.75 Å². The summed E-state index contributed by atoms with van der Waals surface area (Å²) >= 11 is 1.16. The molecular weight excluding hydrogens is 538 g/mol. The monoisotopic (exact) mass is 565 g/mol. The van der Waals surface area contributed by atoms with E-state index in [-0.39, 0.29) is 22.6 Å². The molecule has 1 aromatic heterocycles. The van der Waals surface area contributed by atoms with Crippen molar-refractivity contribution in [3.05, 3.63) is 127 Å². The summed E-state index contributed by atoms with van der Waals surface area (Å²) in [6, 6.07) is 23.7. The van der Waals surface area contributed by atoms with Gasteiger partial charge in [-0.2, -0.15) is 0 Å². The van der Waals surface area contributed by atoms with Gasteiger partial charge < -0.3 is 14.4 Å². The molecule has 8 nitrogen and oxygen atoms in total. The molecule has 0 spiro atoms.